The molecule has 0 aliphatic carbocycles. The minimum atomic E-state index is -0.0889. The van der Waals surface area contributed by atoms with Gasteiger partial charge in [-0.2, -0.15) is 0 Å². The molecule has 0 saturated heterocycles. The highest BCUT2D eigenvalue weighted by Gasteiger charge is 2.18. The Morgan fingerprint density at radius 3 is 1.93 bits per heavy atom. The van der Waals surface area contributed by atoms with E-state index in [0.717, 1.165) is 32.1 Å². The zero-order valence-corrected chi connectivity index (χ0v) is 16.5. The van der Waals surface area contributed by atoms with E-state index in [-0.39, 0.29) is 11.9 Å². The van der Waals surface area contributed by atoms with Gasteiger partial charge in [-0.15, -0.1) is 0 Å². The molecule has 3 aromatic carbocycles. The molecule has 0 spiro atoms. The predicted octanol–water partition coefficient (Wildman–Crippen LogP) is 6.10. The van der Waals surface area contributed by atoms with Gasteiger partial charge in [-0.25, -0.2) is 0 Å². The van der Waals surface area contributed by atoms with Crippen molar-refractivity contribution < 1.29 is 9.53 Å². The summed E-state index contributed by atoms with van der Waals surface area (Å²) >= 11 is 0. The normalized spacial score (nSPS) is 11.8. The second-order valence-corrected chi connectivity index (χ2v) is 7.20. The summed E-state index contributed by atoms with van der Waals surface area (Å²) in [6.45, 7) is 0. The maximum absolute atomic E-state index is 12.2. The first-order valence-corrected chi connectivity index (χ1v) is 10.0. The van der Waals surface area contributed by atoms with Crippen molar-refractivity contribution in [3.8, 4) is 11.1 Å². The Bertz CT molecular complexity index is 839. The van der Waals surface area contributed by atoms with Crippen LogP contribution in [0.1, 0.15) is 30.4 Å². The lowest BCUT2D eigenvalue weighted by Crippen LogP contribution is -2.17. The van der Waals surface area contributed by atoms with Gasteiger partial charge in [-0.05, 0) is 54.4 Å². The van der Waals surface area contributed by atoms with Crippen LogP contribution in [-0.4, -0.2) is 13.1 Å². The van der Waals surface area contributed by atoms with Crippen LogP contribution < -0.4 is 0 Å². The quantitative estimate of drug-likeness (QED) is 0.424. The molecule has 3 rings (SSSR count). The standard InChI is InChI=1S/C26H28O2/c1-28-26(27)25(14-8-11-21-9-4-2-5-10-21)20-17-22-15-18-24(19-16-22)23-12-6-3-7-13-23/h2-7,9-10,12-13,15-16,18-19,25H,8,11,14,17,20H2,1H3. The molecule has 0 aliphatic rings. The molecule has 0 aromatic heterocycles. The third kappa shape index (κ3) is 5.82. The summed E-state index contributed by atoms with van der Waals surface area (Å²) in [7, 11) is 1.49. The maximum atomic E-state index is 12.2. The minimum Gasteiger partial charge on any atom is -0.469 e. The molecule has 0 amide bonds. The number of carbonyl (C=O) groups is 1. The molecule has 0 saturated carbocycles. The Morgan fingerprint density at radius 2 is 1.29 bits per heavy atom. The van der Waals surface area contributed by atoms with Crippen molar-refractivity contribution in [2.75, 3.05) is 7.11 Å². The summed E-state index contributed by atoms with van der Waals surface area (Å²) in [6, 6.07) is 29.5. The van der Waals surface area contributed by atoms with Crippen LogP contribution in [0.5, 0.6) is 0 Å². The maximum Gasteiger partial charge on any atom is 0.308 e. The monoisotopic (exact) mass is 372 g/mol. The predicted molar refractivity (Wildman–Crippen MR) is 115 cm³/mol. The van der Waals surface area contributed by atoms with Crippen LogP contribution in [0.3, 0.4) is 0 Å². The van der Waals surface area contributed by atoms with Crippen molar-refractivity contribution in [3.63, 3.8) is 0 Å². The van der Waals surface area contributed by atoms with Crippen molar-refractivity contribution in [3.05, 3.63) is 96.1 Å². The smallest absolute Gasteiger partial charge is 0.308 e. The summed E-state index contributed by atoms with van der Waals surface area (Å²) in [5.74, 6) is -0.128. The fraction of sp³-hybridized carbons (Fsp3) is 0.269. The fourth-order valence-electron chi connectivity index (χ4n) is 3.58. The number of ether oxygens (including phenoxy) is 1. The zero-order valence-electron chi connectivity index (χ0n) is 16.5. The van der Waals surface area contributed by atoms with Gasteiger partial charge in [0, 0.05) is 0 Å². The third-order valence-electron chi connectivity index (χ3n) is 5.24. The number of methoxy groups -OCH3 is 1. The van der Waals surface area contributed by atoms with Gasteiger partial charge in [0.1, 0.15) is 0 Å². The van der Waals surface area contributed by atoms with Crippen molar-refractivity contribution in [1.29, 1.82) is 0 Å². The number of carbonyl (C=O) groups excluding carboxylic acids is 1. The Labute approximate surface area is 168 Å². The second-order valence-electron chi connectivity index (χ2n) is 7.20. The number of esters is 1. The summed E-state index contributed by atoms with van der Waals surface area (Å²) in [5.41, 5.74) is 5.03. The van der Waals surface area contributed by atoms with Crippen LogP contribution in [0.2, 0.25) is 0 Å². The molecule has 3 aromatic rings. The van der Waals surface area contributed by atoms with Gasteiger partial charge >= 0.3 is 5.97 Å². The largest absolute Gasteiger partial charge is 0.469 e. The van der Waals surface area contributed by atoms with E-state index < -0.39 is 0 Å². The molecular weight excluding hydrogens is 344 g/mol. The molecule has 1 atom stereocenters. The lowest BCUT2D eigenvalue weighted by atomic mass is 9.93. The lowest BCUT2D eigenvalue weighted by molar-refractivity contribution is -0.145. The van der Waals surface area contributed by atoms with Crippen LogP contribution in [0.4, 0.5) is 0 Å². The molecule has 2 nitrogen and oxygen atoms in total. The van der Waals surface area contributed by atoms with Crippen LogP contribution in [0, 0.1) is 5.92 Å². The molecule has 0 aliphatic heterocycles. The van der Waals surface area contributed by atoms with E-state index in [9.17, 15) is 4.79 Å². The summed E-state index contributed by atoms with van der Waals surface area (Å²) in [4.78, 5) is 12.2. The number of benzene rings is 3. The van der Waals surface area contributed by atoms with E-state index in [1.165, 1.54) is 29.4 Å². The summed E-state index contributed by atoms with van der Waals surface area (Å²) in [5, 5.41) is 0. The molecule has 0 N–H and O–H groups in total. The Hall–Kier alpha value is -2.87. The molecule has 1 unspecified atom stereocenters. The topological polar surface area (TPSA) is 26.3 Å². The van der Waals surface area contributed by atoms with E-state index in [0.29, 0.717) is 0 Å². The number of rotatable bonds is 9. The van der Waals surface area contributed by atoms with Gasteiger partial charge in [0.25, 0.3) is 0 Å². The highest BCUT2D eigenvalue weighted by atomic mass is 16.5. The van der Waals surface area contributed by atoms with E-state index in [2.05, 4.69) is 72.8 Å². The Balaban J connectivity index is 1.53. The summed E-state index contributed by atoms with van der Waals surface area (Å²) < 4.78 is 5.04. The van der Waals surface area contributed by atoms with Crippen molar-refractivity contribution in [2.24, 2.45) is 5.92 Å². The van der Waals surface area contributed by atoms with Crippen LogP contribution >= 0.6 is 0 Å². The molecule has 0 radical (unpaired) electrons. The summed E-state index contributed by atoms with van der Waals surface area (Å²) in [6.07, 6.45) is 4.58. The SMILES string of the molecule is COC(=O)C(CCCc1ccccc1)CCc1ccc(-c2ccccc2)cc1. The van der Waals surface area contributed by atoms with E-state index in [1.807, 2.05) is 12.1 Å². The molecule has 0 heterocycles. The Kier molecular flexibility index (Phi) is 7.43. The van der Waals surface area contributed by atoms with Gasteiger partial charge in [-0.3, -0.25) is 4.79 Å². The number of hydrogen-bond donors (Lipinski definition) is 0. The minimum absolute atomic E-state index is 0.0393. The first kappa shape index (κ1) is 19.9. The van der Waals surface area contributed by atoms with Crippen LogP contribution in [0.15, 0.2) is 84.9 Å². The highest BCUT2D eigenvalue weighted by molar-refractivity contribution is 5.72. The van der Waals surface area contributed by atoms with Crippen LogP contribution in [0.25, 0.3) is 11.1 Å². The van der Waals surface area contributed by atoms with E-state index in [1.54, 1.807) is 0 Å². The average molecular weight is 373 g/mol. The van der Waals surface area contributed by atoms with Crippen molar-refractivity contribution in [2.45, 2.75) is 32.1 Å². The van der Waals surface area contributed by atoms with Gasteiger partial charge in [-0.1, -0.05) is 84.9 Å². The van der Waals surface area contributed by atoms with E-state index >= 15 is 0 Å². The van der Waals surface area contributed by atoms with E-state index in [4.69, 9.17) is 4.74 Å². The number of aryl methyl sites for hydroxylation is 2. The molecule has 0 fully saturated rings. The van der Waals surface area contributed by atoms with Gasteiger partial charge in [0.2, 0.25) is 0 Å². The molecule has 144 valence electrons. The zero-order chi connectivity index (χ0) is 19.6. The van der Waals surface area contributed by atoms with Crippen molar-refractivity contribution in [1.82, 2.24) is 0 Å². The average Bonchev–Trinajstić information content (AvgIpc) is 2.77. The fourth-order valence-corrected chi connectivity index (χ4v) is 3.58. The highest BCUT2D eigenvalue weighted by Crippen LogP contribution is 2.22. The first-order chi connectivity index (χ1) is 13.8. The second kappa shape index (κ2) is 10.5. The third-order valence-corrected chi connectivity index (χ3v) is 5.24. The first-order valence-electron chi connectivity index (χ1n) is 10.0. The Morgan fingerprint density at radius 1 is 0.714 bits per heavy atom. The molecule has 28 heavy (non-hydrogen) atoms. The van der Waals surface area contributed by atoms with Gasteiger partial charge in [0.05, 0.1) is 13.0 Å². The van der Waals surface area contributed by atoms with Gasteiger partial charge < -0.3 is 4.74 Å². The van der Waals surface area contributed by atoms with Crippen LogP contribution in [-0.2, 0) is 22.4 Å². The van der Waals surface area contributed by atoms with Crippen molar-refractivity contribution >= 4 is 5.97 Å². The molecular formula is C26H28O2. The molecule has 0 bridgehead atoms. The van der Waals surface area contributed by atoms with Gasteiger partial charge in [0.15, 0.2) is 0 Å². The number of hydrogen-bond acceptors (Lipinski definition) is 2. The molecule has 2 heteroatoms. The lowest BCUT2D eigenvalue weighted by Gasteiger charge is -2.15.